The Bertz CT molecular complexity index is 389. The zero-order chi connectivity index (χ0) is 10.8. The number of nitrogens with one attached hydrogen (secondary N) is 1. The standard InChI is InChI=1S/C11H12N2O2/c1-13-9(7-12-10(14)11(13)15)8-5-3-2-4-6-8/h2-6,9H,7H2,1H3,(H,12,14). The lowest BCUT2D eigenvalue weighted by Crippen LogP contribution is -2.52. The molecule has 1 unspecified atom stereocenters. The van der Waals surface area contributed by atoms with E-state index >= 15 is 0 Å². The SMILES string of the molecule is CN1C(=O)C(=O)NCC1c1ccccc1. The molecular weight excluding hydrogens is 192 g/mol. The molecule has 1 fully saturated rings. The summed E-state index contributed by atoms with van der Waals surface area (Å²) in [5, 5.41) is 2.58. The predicted octanol–water partition coefficient (Wildman–Crippen LogP) is 0.316. The minimum Gasteiger partial charge on any atom is -0.345 e. The summed E-state index contributed by atoms with van der Waals surface area (Å²) in [6, 6.07) is 9.61. The van der Waals surface area contributed by atoms with Crippen LogP contribution in [0.4, 0.5) is 0 Å². The number of amides is 2. The lowest BCUT2D eigenvalue weighted by atomic mass is 10.0. The van der Waals surface area contributed by atoms with Gasteiger partial charge in [0.1, 0.15) is 0 Å². The van der Waals surface area contributed by atoms with Crippen LogP contribution >= 0.6 is 0 Å². The highest BCUT2D eigenvalue weighted by Gasteiger charge is 2.31. The average Bonchev–Trinajstić information content (AvgIpc) is 2.27. The first-order chi connectivity index (χ1) is 7.20. The van der Waals surface area contributed by atoms with Crippen molar-refractivity contribution in [2.75, 3.05) is 13.6 Å². The normalized spacial score (nSPS) is 21.4. The molecule has 0 radical (unpaired) electrons. The van der Waals surface area contributed by atoms with Crippen molar-refractivity contribution < 1.29 is 9.59 Å². The highest BCUT2D eigenvalue weighted by Crippen LogP contribution is 2.20. The Morgan fingerprint density at radius 1 is 1.27 bits per heavy atom. The van der Waals surface area contributed by atoms with Gasteiger partial charge in [0.2, 0.25) is 0 Å². The Kier molecular flexibility index (Phi) is 2.41. The van der Waals surface area contributed by atoms with Crippen LogP contribution in [0.3, 0.4) is 0 Å². The molecule has 1 heterocycles. The summed E-state index contributed by atoms with van der Waals surface area (Å²) in [7, 11) is 1.65. The molecule has 4 heteroatoms. The number of rotatable bonds is 1. The topological polar surface area (TPSA) is 49.4 Å². The Balaban J connectivity index is 2.25. The van der Waals surface area contributed by atoms with Crippen LogP contribution in [-0.2, 0) is 9.59 Å². The van der Waals surface area contributed by atoms with Crippen molar-refractivity contribution in [1.29, 1.82) is 0 Å². The molecule has 0 bridgehead atoms. The molecule has 1 aliphatic heterocycles. The minimum atomic E-state index is -0.523. The minimum absolute atomic E-state index is 0.0589. The third-order valence-corrected chi connectivity index (χ3v) is 2.62. The van der Waals surface area contributed by atoms with Crippen molar-refractivity contribution in [3.63, 3.8) is 0 Å². The second-order valence-corrected chi connectivity index (χ2v) is 3.55. The van der Waals surface area contributed by atoms with Gasteiger partial charge in [0.05, 0.1) is 6.04 Å². The van der Waals surface area contributed by atoms with E-state index in [0.717, 1.165) is 5.56 Å². The lowest BCUT2D eigenvalue weighted by Gasteiger charge is -2.32. The first-order valence-corrected chi connectivity index (χ1v) is 4.80. The fourth-order valence-corrected chi connectivity index (χ4v) is 1.72. The van der Waals surface area contributed by atoms with E-state index < -0.39 is 11.8 Å². The number of carbonyl (C=O) groups excluding carboxylic acids is 2. The van der Waals surface area contributed by atoms with Gasteiger partial charge in [-0.15, -0.1) is 0 Å². The van der Waals surface area contributed by atoms with Crippen LogP contribution in [0.25, 0.3) is 0 Å². The van der Waals surface area contributed by atoms with Crippen LogP contribution in [-0.4, -0.2) is 30.3 Å². The van der Waals surface area contributed by atoms with Crippen molar-refractivity contribution in [3.05, 3.63) is 35.9 Å². The summed E-state index contributed by atoms with van der Waals surface area (Å²) in [5.74, 6) is -1.00. The molecule has 2 amide bonds. The molecule has 0 aliphatic carbocycles. The molecular formula is C11H12N2O2. The number of nitrogens with zero attached hydrogens (tertiary/aromatic N) is 1. The molecule has 1 atom stereocenters. The summed E-state index contributed by atoms with van der Waals surface area (Å²) < 4.78 is 0. The second-order valence-electron chi connectivity index (χ2n) is 3.55. The van der Waals surface area contributed by atoms with Gasteiger partial charge in [0.25, 0.3) is 0 Å². The van der Waals surface area contributed by atoms with Gasteiger partial charge in [-0.2, -0.15) is 0 Å². The van der Waals surface area contributed by atoms with Crippen LogP contribution in [0, 0.1) is 0 Å². The zero-order valence-electron chi connectivity index (χ0n) is 8.43. The van der Waals surface area contributed by atoms with E-state index in [1.54, 1.807) is 7.05 Å². The van der Waals surface area contributed by atoms with E-state index in [0.29, 0.717) is 6.54 Å². The molecule has 1 saturated heterocycles. The summed E-state index contributed by atoms with van der Waals surface area (Å²) >= 11 is 0. The summed E-state index contributed by atoms with van der Waals surface area (Å²) in [4.78, 5) is 24.0. The third kappa shape index (κ3) is 1.70. The van der Waals surface area contributed by atoms with Crippen molar-refractivity contribution in [2.24, 2.45) is 0 Å². The van der Waals surface area contributed by atoms with E-state index in [2.05, 4.69) is 5.32 Å². The maximum absolute atomic E-state index is 11.4. The summed E-state index contributed by atoms with van der Waals surface area (Å²) in [6.07, 6.45) is 0. The smallest absolute Gasteiger partial charge is 0.312 e. The van der Waals surface area contributed by atoms with Crippen molar-refractivity contribution in [3.8, 4) is 0 Å². The maximum Gasteiger partial charge on any atom is 0.312 e. The highest BCUT2D eigenvalue weighted by atomic mass is 16.2. The van der Waals surface area contributed by atoms with Crippen LogP contribution in [0.15, 0.2) is 30.3 Å². The maximum atomic E-state index is 11.4. The molecule has 15 heavy (non-hydrogen) atoms. The van der Waals surface area contributed by atoms with Crippen LogP contribution in [0.2, 0.25) is 0 Å². The molecule has 1 aliphatic rings. The highest BCUT2D eigenvalue weighted by molar-refractivity contribution is 6.35. The number of likely N-dealkylation sites (N-methyl/N-ethyl adjacent to an activating group) is 1. The quantitative estimate of drug-likeness (QED) is 0.669. The van der Waals surface area contributed by atoms with Gasteiger partial charge in [-0.25, -0.2) is 0 Å². The lowest BCUT2D eigenvalue weighted by molar-refractivity contribution is -0.149. The third-order valence-electron chi connectivity index (χ3n) is 2.62. The summed E-state index contributed by atoms with van der Waals surface area (Å²) in [6.45, 7) is 0.477. The predicted molar refractivity (Wildman–Crippen MR) is 55.0 cm³/mol. The van der Waals surface area contributed by atoms with E-state index in [4.69, 9.17) is 0 Å². The van der Waals surface area contributed by atoms with Crippen molar-refractivity contribution >= 4 is 11.8 Å². The monoisotopic (exact) mass is 204 g/mol. The van der Waals surface area contributed by atoms with Gasteiger partial charge in [-0.05, 0) is 5.56 Å². The zero-order valence-corrected chi connectivity index (χ0v) is 8.43. The number of hydrogen-bond acceptors (Lipinski definition) is 2. The number of piperazine rings is 1. The molecule has 0 saturated carbocycles. The number of carbonyl (C=O) groups is 2. The molecule has 4 nitrogen and oxygen atoms in total. The average molecular weight is 204 g/mol. The first-order valence-electron chi connectivity index (χ1n) is 4.80. The Hall–Kier alpha value is -1.84. The Labute approximate surface area is 87.9 Å². The fraction of sp³-hybridized carbons (Fsp3) is 0.273. The Morgan fingerprint density at radius 3 is 2.60 bits per heavy atom. The Morgan fingerprint density at radius 2 is 1.93 bits per heavy atom. The van der Waals surface area contributed by atoms with Gasteiger partial charge in [-0.3, -0.25) is 9.59 Å². The van der Waals surface area contributed by atoms with Gasteiger partial charge in [0.15, 0.2) is 0 Å². The fourth-order valence-electron chi connectivity index (χ4n) is 1.72. The van der Waals surface area contributed by atoms with Crippen molar-refractivity contribution in [2.45, 2.75) is 6.04 Å². The largest absolute Gasteiger partial charge is 0.345 e. The number of benzene rings is 1. The first kappa shape index (κ1) is 9.71. The molecule has 1 N–H and O–H groups in total. The van der Waals surface area contributed by atoms with Gasteiger partial charge in [0, 0.05) is 13.6 Å². The molecule has 1 aromatic carbocycles. The van der Waals surface area contributed by atoms with E-state index in [9.17, 15) is 9.59 Å². The van der Waals surface area contributed by atoms with Crippen LogP contribution in [0.1, 0.15) is 11.6 Å². The van der Waals surface area contributed by atoms with Gasteiger partial charge < -0.3 is 10.2 Å². The number of hydrogen-bond donors (Lipinski definition) is 1. The molecule has 2 rings (SSSR count). The summed E-state index contributed by atoms with van der Waals surface area (Å²) in [5.41, 5.74) is 1.04. The van der Waals surface area contributed by atoms with E-state index in [1.807, 2.05) is 30.3 Å². The van der Waals surface area contributed by atoms with E-state index in [-0.39, 0.29) is 6.04 Å². The molecule has 1 aromatic rings. The molecule has 0 aromatic heterocycles. The molecule has 78 valence electrons. The van der Waals surface area contributed by atoms with Crippen molar-refractivity contribution in [1.82, 2.24) is 10.2 Å². The van der Waals surface area contributed by atoms with Gasteiger partial charge >= 0.3 is 11.8 Å². The van der Waals surface area contributed by atoms with Gasteiger partial charge in [-0.1, -0.05) is 30.3 Å². The van der Waals surface area contributed by atoms with Crippen LogP contribution < -0.4 is 5.32 Å². The second kappa shape index (κ2) is 3.73. The van der Waals surface area contributed by atoms with Crippen LogP contribution in [0.5, 0.6) is 0 Å². The molecule has 0 spiro atoms. The van der Waals surface area contributed by atoms with E-state index in [1.165, 1.54) is 4.90 Å².